The number of esters is 1. The minimum absolute atomic E-state index is 0.0489. The molecule has 1 N–H and O–H groups in total. The van der Waals surface area contributed by atoms with Crippen molar-refractivity contribution in [2.45, 2.75) is 52.3 Å². The van der Waals surface area contributed by atoms with Gasteiger partial charge in [0.1, 0.15) is 0 Å². The maximum atomic E-state index is 12.3. The summed E-state index contributed by atoms with van der Waals surface area (Å²) >= 11 is 0. The summed E-state index contributed by atoms with van der Waals surface area (Å²) in [4.78, 5) is 38.0. The number of fused-ring (bicyclic) bond motifs is 1. The van der Waals surface area contributed by atoms with Gasteiger partial charge in [0.05, 0.1) is 24.8 Å². The van der Waals surface area contributed by atoms with Crippen LogP contribution in [0.15, 0.2) is 42.5 Å². The van der Waals surface area contributed by atoms with E-state index in [0.29, 0.717) is 12.0 Å². The average Bonchev–Trinajstić information content (AvgIpc) is 2.72. The predicted molar refractivity (Wildman–Crippen MR) is 118 cm³/mol. The summed E-state index contributed by atoms with van der Waals surface area (Å²) in [6.45, 7) is 7.10. The molecule has 0 bridgehead atoms. The van der Waals surface area contributed by atoms with E-state index in [1.807, 2.05) is 37.3 Å². The van der Waals surface area contributed by atoms with Gasteiger partial charge in [0.25, 0.3) is 0 Å². The first-order valence-corrected chi connectivity index (χ1v) is 10.3. The van der Waals surface area contributed by atoms with E-state index in [-0.39, 0.29) is 24.1 Å². The number of carbonyl (C=O) groups is 3. The monoisotopic (exact) mass is 424 g/mol. The first-order chi connectivity index (χ1) is 14.7. The van der Waals surface area contributed by atoms with Crippen LogP contribution in [0.1, 0.15) is 56.1 Å². The van der Waals surface area contributed by atoms with Gasteiger partial charge >= 0.3 is 12.1 Å². The van der Waals surface area contributed by atoms with Gasteiger partial charge in [-0.3, -0.25) is 4.79 Å². The second-order valence-electron chi connectivity index (χ2n) is 7.97. The minimum atomic E-state index is -0.484. The molecule has 7 nitrogen and oxygen atoms in total. The standard InChI is InChI=1S/C24H28N2O5/c1-14(2)31-24(29)25-21-12-15(3)26(16(4)27)22-11-10-19(13-20(21)22)17-6-8-18(9-7-17)23(28)30-5/h6-11,13-15,21H,12H2,1-5H3,(H,25,29)/t15-,21+/m0/s1. The second kappa shape index (κ2) is 9.20. The molecule has 2 amide bonds. The summed E-state index contributed by atoms with van der Waals surface area (Å²) < 4.78 is 10.0. The fourth-order valence-electron chi connectivity index (χ4n) is 3.97. The predicted octanol–water partition coefficient (Wildman–Crippen LogP) is 4.46. The van der Waals surface area contributed by atoms with E-state index < -0.39 is 12.1 Å². The van der Waals surface area contributed by atoms with E-state index in [2.05, 4.69) is 5.32 Å². The summed E-state index contributed by atoms with van der Waals surface area (Å²) in [6.07, 6.45) is -0.138. The van der Waals surface area contributed by atoms with Gasteiger partial charge < -0.3 is 19.7 Å². The van der Waals surface area contributed by atoms with Crippen molar-refractivity contribution in [3.05, 3.63) is 53.6 Å². The Balaban J connectivity index is 1.99. The van der Waals surface area contributed by atoms with Crippen LogP contribution in [-0.4, -0.2) is 37.2 Å². The highest BCUT2D eigenvalue weighted by Crippen LogP contribution is 2.39. The van der Waals surface area contributed by atoms with E-state index in [4.69, 9.17) is 9.47 Å². The zero-order chi connectivity index (χ0) is 22.7. The third-order valence-electron chi connectivity index (χ3n) is 5.29. The molecular formula is C24H28N2O5. The number of benzene rings is 2. The number of nitrogens with one attached hydrogen (secondary N) is 1. The van der Waals surface area contributed by atoms with Crippen LogP contribution in [-0.2, 0) is 14.3 Å². The fraction of sp³-hybridized carbons (Fsp3) is 0.375. The van der Waals surface area contributed by atoms with Gasteiger partial charge in [0, 0.05) is 18.7 Å². The van der Waals surface area contributed by atoms with Crippen molar-refractivity contribution < 1.29 is 23.9 Å². The SMILES string of the molecule is COC(=O)c1ccc(-c2ccc3c(c2)[C@H](NC(=O)OC(C)C)C[C@H](C)N3C(C)=O)cc1. The van der Waals surface area contributed by atoms with Crippen molar-refractivity contribution in [3.63, 3.8) is 0 Å². The Morgan fingerprint density at radius 3 is 2.29 bits per heavy atom. The normalized spacial score (nSPS) is 17.7. The number of amides is 2. The topological polar surface area (TPSA) is 84.9 Å². The quantitative estimate of drug-likeness (QED) is 0.733. The number of anilines is 1. The summed E-state index contributed by atoms with van der Waals surface area (Å²) in [5.41, 5.74) is 3.92. The van der Waals surface area contributed by atoms with Gasteiger partial charge in [0.15, 0.2) is 0 Å². The second-order valence-corrected chi connectivity index (χ2v) is 7.97. The lowest BCUT2D eigenvalue weighted by Crippen LogP contribution is -2.45. The summed E-state index contributed by atoms with van der Waals surface area (Å²) in [5, 5.41) is 2.95. The first-order valence-electron chi connectivity index (χ1n) is 10.3. The molecule has 2 atom stereocenters. The molecule has 0 aliphatic carbocycles. The van der Waals surface area contributed by atoms with Gasteiger partial charge in [-0.25, -0.2) is 9.59 Å². The lowest BCUT2D eigenvalue weighted by molar-refractivity contribution is -0.117. The molecule has 0 saturated carbocycles. The molecule has 31 heavy (non-hydrogen) atoms. The third kappa shape index (κ3) is 4.87. The molecule has 2 aromatic carbocycles. The van der Waals surface area contributed by atoms with Crippen LogP contribution in [0.3, 0.4) is 0 Å². The molecule has 0 radical (unpaired) electrons. The van der Waals surface area contributed by atoms with Crippen molar-refractivity contribution >= 4 is 23.7 Å². The number of carbonyl (C=O) groups excluding carboxylic acids is 3. The highest BCUT2D eigenvalue weighted by Gasteiger charge is 2.33. The number of rotatable bonds is 4. The van der Waals surface area contributed by atoms with E-state index in [0.717, 1.165) is 22.4 Å². The molecule has 0 unspecified atom stereocenters. The molecule has 0 aromatic heterocycles. The average molecular weight is 424 g/mol. The Labute approximate surface area is 182 Å². The summed E-state index contributed by atoms with van der Waals surface area (Å²) in [5.74, 6) is -0.442. The molecular weight excluding hydrogens is 396 g/mol. The first kappa shape index (κ1) is 22.3. The molecule has 1 heterocycles. The number of nitrogens with zero attached hydrogens (tertiary/aromatic N) is 1. The number of hydrogen-bond acceptors (Lipinski definition) is 5. The highest BCUT2D eigenvalue weighted by molar-refractivity contribution is 5.94. The van der Waals surface area contributed by atoms with Crippen LogP contribution in [0.25, 0.3) is 11.1 Å². The maximum absolute atomic E-state index is 12.3. The third-order valence-corrected chi connectivity index (χ3v) is 5.29. The fourth-order valence-corrected chi connectivity index (χ4v) is 3.97. The molecule has 3 rings (SSSR count). The molecule has 7 heteroatoms. The maximum Gasteiger partial charge on any atom is 0.407 e. The van der Waals surface area contributed by atoms with Crippen LogP contribution < -0.4 is 10.2 Å². The van der Waals surface area contributed by atoms with Gasteiger partial charge in [-0.05, 0) is 68.1 Å². The van der Waals surface area contributed by atoms with Gasteiger partial charge in [-0.2, -0.15) is 0 Å². The van der Waals surface area contributed by atoms with E-state index in [1.165, 1.54) is 7.11 Å². The van der Waals surface area contributed by atoms with Gasteiger partial charge in [0.2, 0.25) is 5.91 Å². The summed E-state index contributed by atoms with van der Waals surface area (Å²) in [6, 6.07) is 12.6. The van der Waals surface area contributed by atoms with Crippen LogP contribution in [0.5, 0.6) is 0 Å². The summed E-state index contributed by atoms with van der Waals surface area (Å²) in [7, 11) is 1.35. The Morgan fingerprint density at radius 2 is 1.71 bits per heavy atom. The van der Waals surface area contributed by atoms with Crippen LogP contribution in [0, 0.1) is 0 Å². The molecule has 1 aliphatic heterocycles. The Bertz CT molecular complexity index is 984. The van der Waals surface area contributed by atoms with Gasteiger partial charge in [-0.15, -0.1) is 0 Å². The van der Waals surface area contributed by atoms with E-state index >= 15 is 0 Å². The molecule has 0 saturated heterocycles. The van der Waals surface area contributed by atoms with Crippen molar-refractivity contribution in [2.24, 2.45) is 0 Å². The molecule has 164 valence electrons. The van der Waals surface area contributed by atoms with Crippen molar-refractivity contribution in [1.82, 2.24) is 5.32 Å². The zero-order valence-corrected chi connectivity index (χ0v) is 18.5. The number of ether oxygens (including phenoxy) is 2. The smallest absolute Gasteiger partial charge is 0.407 e. The lowest BCUT2D eigenvalue weighted by Gasteiger charge is -2.39. The van der Waals surface area contributed by atoms with E-state index in [9.17, 15) is 14.4 Å². The lowest BCUT2D eigenvalue weighted by atomic mass is 9.89. The van der Waals surface area contributed by atoms with Crippen LogP contribution in [0.2, 0.25) is 0 Å². The molecule has 2 aromatic rings. The van der Waals surface area contributed by atoms with Crippen molar-refractivity contribution in [3.8, 4) is 11.1 Å². The highest BCUT2D eigenvalue weighted by atomic mass is 16.6. The van der Waals surface area contributed by atoms with Crippen LogP contribution >= 0.6 is 0 Å². The Morgan fingerprint density at radius 1 is 1.06 bits per heavy atom. The Kier molecular flexibility index (Phi) is 6.63. The Hall–Kier alpha value is -3.35. The minimum Gasteiger partial charge on any atom is -0.465 e. The number of methoxy groups -OCH3 is 1. The number of hydrogen-bond donors (Lipinski definition) is 1. The van der Waals surface area contributed by atoms with Gasteiger partial charge in [-0.1, -0.05) is 18.2 Å². The molecule has 1 aliphatic rings. The molecule has 0 fully saturated rings. The number of alkyl carbamates (subject to hydrolysis) is 1. The van der Waals surface area contributed by atoms with Crippen LogP contribution in [0.4, 0.5) is 10.5 Å². The van der Waals surface area contributed by atoms with Crippen molar-refractivity contribution in [1.29, 1.82) is 0 Å². The molecule has 0 spiro atoms. The largest absolute Gasteiger partial charge is 0.465 e. The van der Waals surface area contributed by atoms with Crippen molar-refractivity contribution in [2.75, 3.05) is 12.0 Å². The zero-order valence-electron chi connectivity index (χ0n) is 18.5. The van der Waals surface area contributed by atoms with E-state index in [1.54, 1.807) is 37.8 Å².